The average Bonchev–Trinajstić information content (AvgIpc) is 2.46. The molecular formula is C14H9F3N2O4. The number of aromatic carboxylic acids is 1. The normalized spacial score (nSPS) is 11.1. The monoisotopic (exact) mass is 326 g/mol. The van der Waals surface area contributed by atoms with Crippen LogP contribution in [0.15, 0.2) is 42.5 Å². The number of benzene rings is 2. The van der Waals surface area contributed by atoms with Crippen LogP contribution >= 0.6 is 0 Å². The van der Waals surface area contributed by atoms with Crippen LogP contribution in [0.3, 0.4) is 0 Å². The molecule has 2 rings (SSSR count). The van der Waals surface area contributed by atoms with Crippen molar-refractivity contribution in [3.63, 3.8) is 0 Å². The number of anilines is 1. The largest absolute Gasteiger partial charge is 0.482 e. The maximum Gasteiger partial charge on any atom is 0.482 e. The van der Waals surface area contributed by atoms with Crippen LogP contribution in [0, 0.1) is 10.1 Å². The first-order valence-electron chi connectivity index (χ1n) is 6.15. The number of nitro benzene ring substituents is 1. The van der Waals surface area contributed by atoms with Crippen LogP contribution in [0.2, 0.25) is 0 Å². The van der Waals surface area contributed by atoms with Crippen molar-refractivity contribution >= 4 is 17.3 Å². The first-order chi connectivity index (χ1) is 10.7. The second kappa shape index (κ2) is 5.95. The molecule has 2 N–H and O–H groups in total. The van der Waals surface area contributed by atoms with E-state index in [1.54, 1.807) is 6.07 Å². The van der Waals surface area contributed by atoms with Gasteiger partial charge in [-0.15, -0.1) is 0 Å². The van der Waals surface area contributed by atoms with E-state index in [2.05, 4.69) is 0 Å². The van der Waals surface area contributed by atoms with Crippen LogP contribution in [0.5, 0.6) is 0 Å². The Kier molecular flexibility index (Phi) is 4.21. The molecule has 6 nitrogen and oxygen atoms in total. The quantitative estimate of drug-likeness (QED) is 0.505. The molecule has 9 heteroatoms. The van der Waals surface area contributed by atoms with Gasteiger partial charge in [-0.25, -0.2) is 4.79 Å². The van der Waals surface area contributed by atoms with Gasteiger partial charge < -0.3 is 5.11 Å². The maximum atomic E-state index is 12.7. The lowest BCUT2D eigenvalue weighted by Gasteiger charge is -2.17. The topological polar surface area (TPSA) is 92.5 Å². The number of nitro groups is 1. The van der Waals surface area contributed by atoms with Crippen molar-refractivity contribution < 1.29 is 28.0 Å². The predicted molar refractivity (Wildman–Crippen MR) is 75.2 cm³/mol. The third-order valence-corrected chi connectivity index (χ3v) is 2.92. The molecule has 120 valence electrons. The van der Waals surface area contributed by atoms with E-state index in [4.69, 9.17) is 5.11 Å². The fourth-order valence-corrected chi connectivity index (χ4v) is 2.02. The Hall–Kier alpha value is -3.10. The second-order valence-corrected chi connectivity index (χ2v) is 4.47. The number of carbonyl (C=O) groups is 1. The third kappa shape index (κ3) is 3.76. The minimum absolute atomic E-state index is 0.213. The molecule has 2 aromatic carbocycles. The Morgan fingerprint density at radius 1 is 1.17 bits per heavy atom. The first kappa shape index (κ1) is 16.3. The average molecular weight is 326 g/mol. The number of halogens is 3. The van der Waals surface area contributed by atoms with Gasteiger partial charge in [0.2, 0.25) is 0 Å². The minimum atomic E-state index is -4.90. The van der Waals surface area contributed by atoms with E-state index in [9.17, 15) is 28.1 Å². The van der Waals surface area contributed by atoms with E-state index < -0.39 is 34.1 Å². The van der Waals surface area contributed by atoms with Gasteiger partial charge in [-0.05, 0) is 5.56 Å². The van der Waals surface area contributed by atoms with E-state index in [1.807, 2.05) is 0 Å². The molecule has 0 spiro atoms. The highest BCUT2D eigenvalue weighted by atomic mass is 19.4. The number of nitrogens with zero attached hydrogens (tertiary/aromatic N) is 1. The fourth-order valence-electron chi connectivity index (χ4n) is 2.02. The van der Waals surface area contributed by atoms with Gasteiger partial charge in [0.1, 0.15) is 0 Å². The smallest absolute Gasteiger partial charge is 0.478 e. The molecule has 0 aliphatic carbocycles. The lowest BCUT2D eigenvalue weighted by atomic mass is 9.99. The highest BCUT2D eigenvalue weighted by Crippen LogP contribution is 2.37. The van der Waals surface area contributed by atoms with Gasteiger partial charge in [-0.3, -0.25) is 15.4 Å². The summed E-state index contributed by atoms with van der Waals surface area (Å²) < 4.78 is 38.1. The van der Waals surface area contributed by atoms with E-state index in [-0.39, 0.29) is 11.1 Å². The number of carboxylic acid groups (broad SMARTS) is 1. The van der Waals surface area contributed by atoms with Crippen molar-refractivity contribution in [2.24, 2.45) is 0 Å². The summed E-state index contributed by atoms with van der Waals surface area (Å²) in [6.07, 6.45) is -4.90. The van der Waals surface area contributed by atoms with E-state index >= 15 is 0 Å². The number of carboxylic acids is 1. The van der Waals surface area contributed by atoms with Crippen LogP contribution < -0.4 is 5.32 Å². The molecular weight excluding hydrogens is 317 g/mol. The number of non-ortho nitro benzene ring substituents is 1. The molecule has 0 saturated carbocycles. The lowest BCUT2D eigenvalue weighted by molar-refractivity contribution is -0.384. The molecule has 0 aliphatic rings. The molecule has 0 bridgehead atoms. The number of rotatable bonds is 4. The molecule has 0 amide bonds. The van der Waals surface area contributed by atoms with Gasteiger partial charge in [0.05, 0.1) is 16.2 Å². The molecule has 0 aromatic heterocycles. The number of alkyl halides is 3. The van der Waals surface area contributed by atoms with Gasteiger partial charge in [-0.2, -0.15) is 13.2 Å². The molecule has 0 atom stereocenters. The van der Waals surface area contributed by atoms with E-state index in [1.165, 1.54) is 24.3 Å². The summed E-state index contributed by atoms with van der Waals surface area (Å²) in [5.74, 6) is -1.71. The molecule has 0 radical (unpaired) electrons. The highest BCUT2D eigenvalue weighted by Gasteiger charge is 2.32. The summed E-state index contributed by atoms with van der Waals surface area (Å²) in [5.41, 5.74) is -2.22. The van der Waals surface area contributed by atoms with Crippen molar-refractivity contribution in [1.29, 1.82) is 0 Å². The molecule has 0 heterocycles. The van der Waals surface area contributed by atoms with Gasteiger partial charge in [0.25, 0.3) is 5.69 Å². The summed E-state index contributed by atoms with van der Waals surface area (Å²) in [7, 11) is 0. The minimum Gasteiger partial charge on any atom is -0.478 e. The molecule has 0 saturated heterocycles. The van der Waals surface area contributed by atoms with Crippen LogP contribution in [-0.2, 0) is 0 Å². The zero-order chi connectivity index (χ0) is 17.2. The number of nitrogens with one attached hydrogen (secondary N) is 1. The molecule has 23 heavy (non-hydrogen) atoms. The van der Waals surface area contributed by atoms with Gasteiger partial charge >= 0.3 is 12.3 Å². The Labute approximate surface area is 127 Å². The van der Waals surface area contributed by atoms with Gasteiger partial charge in [0.15, 0.2) is 0 Å². The van der Waals surface area contributed by atoms with Crippen molar-refractivity contribution in [1.82, 2.24) is 0 Å². The SMILES string of the molecule is O=C(O)c1cc([N+](=O)[O-])cc(-c2ccccc2)c1NC(F)(F)F. The number of hydrogen-bond acceptors (Lipinski definition) is 4. The predicted octanol–water partition coefficient (Wildman–Crippen LogP) is 3.89. The van der Waals surface area contributed by atoms with E-state index in [0.29, 0.717) is 6.07 Å². The summed E-state index contributed by atoms with van der Waals surface area (Å²) >= 11 is 0. The van der Waals surface area contributed by atoms with Crippen molar-refractivity contribution in [2.75, 3.05) is 5.32 Å². The Bertz CT molecular complexity index is 761. The molecule has 0 fully saturated rings. The molecule has 0 aliphatic heterocycles. The zero-order valence-electron chi connectivity index (χ0n) is 11.3. The first-order valence-corrected chi connectivity index (χ1v) is 6.15. The van der Waals surface area contributed by atoms with Crippen LogP contribution in [0.1, 0.15) is 10.4 Å². The van der Waals surface area contributed by atoms with Crippen LogP contribution in [0.4, 0.5) is 24.5 Å². The van der Waals surface area contributed by atoms with Gasteiger partial charge in [0, 0.05) is 17.7 Å². The summed E-state index contributed by atoms with van der Waals surface area (Å²) in [4.78, 5) is 21.3. The summed E-state index contributed by atoms with van der Waals surface area (Å²) in [6, 6.07) is 8.98. The van der Waals surface area contributed by atoms with Crippen molar-refractivity contribution in [3.8, 4) is 11.1 Å². The maximum absolute atomic E-state index is 12.7. The summed E-state index contributed by atoms with van der Waals surface area (Å²) in [5, 5.41) is 21.2. The fraction of sp³-hybridized carbons (Fsp3) is 0.0714. The second-order valence-electron chi connectivity index (χ2n) is 4.47. The van der Waals surface area contributed by atoms with Crippen LogP contribution in [-0.4, -0.2) is 22.3 Å². The Morgan fingerprint density at radius 2 is 1.78 bits per heavy atom. The van der Waals surface area contributed by atoms with Crippen LogP contribution in [0.25, 0.3) is 11.1 Å². The molecule has 2 aromatic rings. The van der Waals surface area contributed by atoms with Crippen molar-refractivity contribution in [2.45, 2.75) is 6.30 Å². The Balaban J connectivity index is 2.79. The standard InChI is InChI=1S/C14H9F3N2O4/c15-14(16,17)18-12-10(8-4-2-1-3-5-8)6-9(19(22)23)7-11(12)13(20)21/h1-7,18H,(H,20,21). The van der Waals surface area contributed by atoms with Gasteiger partial charge in [-0.1, -0.05) is 30.3 Å². The summed E-state index contributed by atoms with van der Waals surface area (Å²) in [6.45, 7) is 0. The Morgan fingerprint density at radius 3 is 2.26 bits per heavy atom. The zero-order valence-corrected chi connectivity index (χ0v) is 11.3. The number of hydrogen-bond donors (Lipinski definition) is 2. The van der Waals surface area contributed by atoms with Crippen molar-refractivity contribution in [3.05, 3.63) is 58.1 Å². The van der Waals surface area contributed by atoms with E-state index in [0.717, 1.165) is 11.4 Å². The third-order valence-electron chi connectivity index (χ3n) is 2.92. The molecule has 0 unspecified atom stereocenters. The lowest BCUT2D eigenvalue weighted by Crippen LogP contribution is -2.23. The highest BCUT2D eigenvalue weighted by molar-refractivity contribution is 6.00.